The van der Waals surface area contributed by atoms with Crippen LogP contribution in [0, 0.1) is 11.6 Å². The molecule has 0 radical (unpaired) electrons. The molecular formula is C24H30F2N2O4. The van der Waals surface area contributed by atoms with Crippen molar-refractivity contribution in [1.82, 2.24) is 4.90 Å². The Hall–Kier alpha value is -2.26. The van der Waals surface area contributed by atoms with Crippen LogP contribution in [0.5, 0.6) is 5.75 Å². The van der Waals surface area contributed by atoms with E-state index in [0.717, 1.165) is 5.69 Å². The van der Waals surface area contributed by atoms with Crippen molar-refractivity contribution in [2.75, 3.05) is 57.4 Å². The summed E-state index contributed by atoms with van der Waals surface area (Å²) in [5, 5.41) is 22.3. The number of anilines is 1. The minimum Gasteiger partial charge on any atom is -0.490 e. The molecule has 0 aromatic heterocycles. The first-order chi connectivity index (χ1) is 15.3. The van der Waals surface area contributed by atoms with Crippen molar-refractivity contribution >= 4 is 5.69 Å². The summed E-state index contributed by atoms with van der Waals surface area (Å²) < 4.78 is 38.1. The fraction of sp³-hybridized carbons (Fsp3) is 0.500. The van der Waals surface area contributed by atoms with Crippen LogP contribution in [-0.2, 0) is 4.74 Å². The van der Waals surface area contributed by atoms with E-state index >= 15 is 0 Å². The summed E-state index contributed by atoms with van der Waals surface area (Å²) in [7, 11) is 0. The molecule has 2 saturated heterocycles. The van der Waals surface area contributed by atoms with E-state index in [1.165, 1.54) is 24.3 Å². The van der Waals surface area contributed by atoms with Gasteiger partial charge in [-0.2, -0.15) is 0 Å². The second kappa shape index (κ2) is 9.70. The third-order valence-electron chi connectivity index (χ3n) is 6.13. The molecule has 0 bridgehead atoms. The maximum Gasteiger partial charge on any atom is 0.134 e. The Morgan fingerprint density at radius 1 is 0.938 bits per heavy atom. The van der Waals surface area contributed by atoms with Crippen LogP contribution in [0.4, 0.5) is 14.5 Å². The second-order valence-electron chi connectivity index (χ2n) is 8.92. The van der Waals surface area contributed by atoms with Gasteiger partial charge >= 0.3 is 0 Å². The fourth-order valence-electron chi connectivity index (χ4n) is 4.42. The number of halogens is 2. The monoisotopic (exact) mass is 448 g/mol. The highest BCUT2D eigenvalue weighted by Crippen LogP contribution is 2.28. The third-order valence-corrected chi connectivity index (χ3v) is 6.13. The van der Waals surface area contributed by atoms with Gasteiger partial charge in [-0.05, 0) is 43.2 Å². The third kappa shape index (κ3) is 5.95. The maximum atomic E-state index is 13.5. The molecule has 2 N–H and O–H groups in total. The second-order valence-corrected chi connectivity index (χ2v) is 8.92. The van der Waals surface area contributed by atoms with Gasteiger partial charge in [0.25, 0.3) is 0 Å². The van der Waals surface area contributed by atoms with E-state index in [1.807, 2.05) is 11.0 Å². The molecule has 174 valence electrons. The topological polar surface area (TPSA) is 65.4 Å². The summed E-state index contributed by atoms with van der Waals surface area (Å²) >= 11 is 0. The average molecular weight is 449 g/mol. The standard InChI is InChI=1S/C24H30F2N2O4/c25-19-3-1-5-21(13-19)28-9-7-23(29,8-10-28)15-27-11-12-31-17-24(30,16-27)18-32-22-6-2-4-20(26)14-22/h1-6,13-14,29-30H,7-12,15-18H2/t24-/m0/s1. The summed E-state index contributed by atoms with van der Waals surface area (Å²) in [5.41, 5.74) is -1.36. The van der Waals surface area contributed by atoms with Crippen LogP contribution >= 0.6 is 0 Å². The highest BCUT2D eigenvalue weighted by molar-refractivity contribution is 5.47. The lowest BCUT2D eigenvalue weighted by Gasteiger charge is -2.42. The van der Waals surface area contributed by atoms with Crippen LogP contribution in [0.3, 0.4) is 0 Å². The van der Waals surface area contributed by atoms with E-state index in [2.05, 4.69) is 4.90 Å². The number of β-amino-alcohol motifs (C(OH)–C–C–N with tert-alkyl or cyclic N) is 2. The number of hydrogen-bond acceptors (Lipinski definition) is 6. The van der Waals surface area contributed by atoms with Crippen molar-refractivity contribution in [2.45, 2.75) is 24.0 Å². The quantitative estimate of drug-likeness (QED) is 0.708. The molecule has 2 aromatic rings. The van der Waals surface area contributed by atoms with Gasteiger partial charge in [0.15, 0.2) is 0 Å². The predicted octanol–water partition coefficient (Wildman–Crippen LogP) is 2.44. The lowest BCUT2D eigenvalue weighted by molar-refractivity contribution is -0.0742. The van der Waals surface area contributed by atoms with Crippen LogP contribution in [0.25, 0.3) is 0 Å². The van der Waals surface area contributed by atoms with Crippen LogP contribution in [0.2, 0.25) is 0 Å². The van der Waals surface area contributed by atoms with Gasteiger partial charge in [-0.25, -0.2) is 8.78 Å². The molecule has 0 unspecified atom stereocenters. The smallest absolute Gasteiger partial charge is 0.134 e. The van der Waals surface area contributed by atoms with Gasteiger partial charge in [0.2, 0.25) is 0 Å². The van der Waals surface area contributed by atoms with Crippen LogP contribution in [0.15, 0.2) is 48.5 Å². The molecule has 2 aliphatic rings. The van der Waals surface area contributed by atoms with E-state index in [-0.39, 0.29) is 25.6 Å². The molecule has 6 nitrogen and oxygen atoms in total. The van der Waals surface area contributed by atoms with E-state index in [4.69, 9.17) is 9.47 Å². The average Bonchev–Trinajstić information content (AvgIpc) is 2.94. The largest absolute Gasteiger partial charge is 0.490 e. The minimum absolute atomic E-state index is 0.0429. The van der Waals surface area contributed by atoms with Crippen molar-refractivity contribution in [2.24, 2.45) is 0 Å². The summed E-state index contributed by atoms with van der Waals surface area (Å²) in [6.45, 7) is 3.00. The normalized spacial score (nSPS) is 24.2. The van der Waals surface area contributed by atoms with Gasteiger partial charge in [-0.3, -0.25) is 4.90 Å². The zero-order chi connectivity index (χ0) is 22.6. The Labute approximate surface area is 187 Å². The summed E-state index contributed by atoms with van der Waals surface area (Å²) in [6, 6.07) is 12.3. The Morgan fingerprint density at radius 2 is 1.66 bits per heavy atom. The molecule has 2 aromatic carbocycles. The van der Waals surface area contributed by atoms with Gasteiger partial charge in [0.05, 0.1) is 18.8 Å². The molecular weight excluding hydrogens is 418 g/mol. The number of hydrogen-bond donors (Lipinski definition) is 2. The van der Waals surface area contributed by atoms with E-state index in [9.17, 15) is 19.0 Å². The van der Waals surface area contributed by atoms with Crippen molar-refractivity contribution in [1.29, 1.82) is 0 Å². The highest BCUT2D eigenvalue weighted by Gasteiger charge is 2.39. The molecule has 2 heterocycles. The number of aliphatic hydroxyl groups is 2. The zero-order valence-corrected chi connectivity index (χ0v) is 18.1. The Kier molecular flexibility index (Phi) is 6.95. The van der Waals surface area contributed by atoms with E-state index in [1.54, 1.807) is 18.2 Å². The molecule has 2 aliphatic heterocycles. The predicted molar refractivity (Wildman–Crippen MR) is 117 cm³/mol. The van der Waals surface area contributed by atoms with Crippen LogP contribution < -0.4 is 9.64 Å². The maximum absolute atomic E-state index is 13.5. The number of benzene rings is 2. The molecule has 32 heavy (non-hydrogen) atoms. The minimum atomic E-state index is -1.28. The molecule has 0 amide bonds. The SMILES string of the molecule is OC1(CN2CCOC[C@](O)(COc3cccc(F)c3)C2)CCN(c2cccc(F)c2)CC1. The summed E-state index contributed by atoms with van der Waals surface area (Å²) in [6.07, 6.45) is 1.08. The zero-order valence-electron chi connectivity index (χ0n) is 18.1. The molecule has 4 rings (SSSR count). The molecule has 2 fully saturated rings. The van der Waals surface area contributed by atoms with Crippen molar-refractivity contribution < 1.29 is 28.5 Å². The van der Waals surface area contributed by atoms with Crippen molar-refractivity contribution in [3.63, 3.8) is 0 Å². The fourth-order valence-corrected chi connectivity index (χ4v) is 4.42. The number of ether oxygens (including phenoxy) is 2. The first-order valence-corrected chi connectivity index (χ1v) is 11.0. The Morgan fingerprint density at radius 3 is 2.38 bits per heavy atom. The van der Waals surface area contributed by atoms with Gasteiger partial charge in [0, 0.05) is 44.5 Å². The lowest BCUT2D eigenvalue weighted by atomic mass is 9.90. The van der Waals surface area contributed by atoms with Crippen LogP contribution in [-0.4, -0.2) is 78.9 Å². The molecule has 0 saturated carbocycles. The molecule has 0 spiro atoms. The highest BCUT2D eigenvalue weighted by atomic mass is 19.1. The molecule has 0 aliphatic carbocycles. The van der Waals surface area contributed by atoms with Crippen molar-refractivity contribution in [3.05, 3.63) is 60.2 Å². The van der Waals surface area contributed by atoms with Gasteiger partial charge in [-0.1, -0.05) is 12.1 Å². The summed E-state index contributed by atoms with van der Waals surface area (Å²) in [5.74, 6) is -0.328. The molecule has 8 heteroatoms. The Bertz CT molecular complexity index is 907. The van der Waals surface area contributed by atoms with Gasteiger partial charge in [-0.15, -0.1) is 0 Å². The van der Waals surface area contributed by atoms with E-state index < -0.39 is 17.0 Å². The lowest BCUT2D eigenvalue weighted by Crippen LogP contribution is -2.55. The van der Waals surface area contributed by atoms with Gasteiger partial charge < -0.3 is 24.6 Å². The van der Waals surface area contributed by atoms with E-state index in [0.29, 0.717) is 51.4 Å². The summed E-state index contributed by atoms with van der Waals surface area (Å²) in [4.78, 5) is 4.08. The number of piperidine rings is 1. The Balaban J connectivity index is 1.33. The van der Waals surface area contributed by atoms with Crippen LogP contribution in [0.1, 0.15) is 12.8 Å². The van der Waals surface area contributed by atoms with Crippen molar-refractivity contribution in [3.8, 4) is 5.75 Å². The molecule has 1 atom stereocenters. The first kappa shape index (κ1) is 22.9. The van der Waals surface area contributed by atoms with Gasteiger partial charge in [0.1, 0.15) is 29.6 Å². The number of nitrogens with zero attached hydrogens (tertiary/aromatic N) is 2. The first-order valence-electron chi connectivity index (χ1n) is 11.0. The number of rotatable bonds is 6.